The Morgan fingerprint density at radius 2 is 0.907 bits per heavy atom. The van der Waals surface area contributed by atoms with Crippen LogP contribution in [0.2, 0.25) is 10.0 Å². The number of hydrogen-bond donors (Lipinski definition) is 4. The van der Waals surface area contributed by atoms with E-state index in [0.717, 1.165) is 44.7 Å². The van der Waals surface area contributed by atoms with Crippen LogP contribution in [0.25, 0.3) is 68.6 Å². The molecule has 2 atom stereocenters. The summed E-state index contributed by atoms with van der Waals surface area (Å²) in [5.74, 6) is 1.34. The maximum atomic E-state index is 9.87. The van der Waals surface area contributed by atoms with Gasteiger partial charge >= 0.3 is 0 Å². The van der Waals surface area contributed by atoms with E-state index in [9.17, 15) is 10.2 Å². The van der Waals surface area contributed by atoms with E-state index < -0.39 is 12.6 Å². The highest BCUT2D eigenvalue weighted by Crippen LogP contribution is 2.36. The van der Waals surface area contributed by atoms with E-state index in [4.69, 9.17) is 52.1 Å². The smallest absolute Gasteiger partial charge is 0.157 e. The number of aliphatic hydroxyl groups excluding tert-OH is 2. The van der Waals surface area contributed by atoms with Crippen molar-refractivity contribution in [1.29, 1.82) is 0 Å². The predicted molar refractivity (Wildman–Crippen MR) is 215 cm³/mol. The fourth-order valence-corrected chi connectivity index (χ4v) is 6.72. The summed E-state index contributed by atoms with van der Waals surface area (Å²) in [5, 5.41) is 20.7. The standard InChI is InChI=1S/C42H40Cl2N4O6/c1-3-51-37(49)21-23-53-27-9-5-25(6-10-27)39-29-13-17-33(45-29)41(43)35-19-15-31(47-35)40(26-7-11-28(12-8-26)54-24-22-38(50)52-4-2)32-16-20-36(48-32)42(44)34-18-14-30(39)46-34/h5-20,37-38,45,48-50H,3-4,21-24H2,1-2H3. The molecule has 7 rings (SSSR count). The quantitative estimate of drug-likeness (QED) is 0.0805. The van der Waals surface area contributed by atoms with Gasteiger partial charge in [-0.25, -0.2) is 9.97 Å². The lowest BCUT2D eigenvalue weighted by molar-refractivity contribution is -0.103. The third-order valence-electron chi connectivity index (χ3n) is 8.90. The fourth-order valence-electron chi connectivity index (χ4n) is 6.29. The Kier molecular flexibility index (Phi) is 11.8. The van der Waals surface area contributed by atoms with Crippen molar-refractivity contribution in [1.82, 2.24) is 19.9 Å². The van der Waals surface area contributed by atoms with Gasteiger partial charge in [-0.05, 0) is 97.8 Å². The summed E-state index contributed by atoms with van der Waals surface area (Å²) < 4.78 is 22.1. The van der Waals surface area contributed by atoms with Gasteiger partial charge in [-0.2, -0.15) is 0 Å². The van der Waals surface area contributed by atoms with E-state index in [1.165, 1.54) is 0 Å². The van der Waals surface area contributed by atoms with E-state index in [1.54, 1.807) is 0 Å². The van der Waals surface area contributed by atoms with Crippen molar-refractivity contribution in [3.63, 3.8) is 0 Å². The average molecular weight is 768 g/mol. The van der Waals surface area contributed by atoms with Crippen LogP contribution >= 0.6 is 23.2 Å². The van der Waals surface area contributed by atoms with Crippen LogP contribution in [0, 0.1) is 0 Å². The molecule has 5 heterocycles. The highest BCUT2D eigenvalue weighted by molar-refractivity contribution is 6.36. The van der Waals surface area contributed by atoms with Crippen molar-refractivity contribution in [2.45, 2.75) is 39.3 Å². The Morgan fingerprint density at radius 1 is 0.537 bits per heavy atom. The topological polar surface area (TPSA) is 135 Å². The number of H-pyrrole nitrogens is 2. The maximum Gasteiger partial charge on any atom is 0.157 e. The first kappa shape index (κ1) is 37.4. The number of halogens is 2. The SMILES string of the molecule is CCOC(O)CCOc1ccc(-c2c3nc(c(Cl)c4ccc([nH]4)c(-c4ccc(OCCC(O)OCC)cc4)c4nc(c(Cl)c5ccc2[nH]5)C=C4)C=C3)cc1. The molecule has 8 bridgehead atoms. The van der Waals surface area contributed by atoms with E-state index in [1.807, 2.05) is 111 Å². The highest BCUT2D eigenvalue weighted by atomic mass is 35.5. The molecule has 5 aromatic rings. The van der Waals surface area contributed by atoms with Crippen molar-refractivity contribution < 1.29 is 29.2 Å². The van der Waals surface area contributed by atoms with Gasteiger partial charge in [0.1, 0.15) is 11.5 Å². The van der Waals surface area contributed by atoms with Gasteiger partial charge in [-0.15, -0.1) is 0 Å². The number of fused-ring (bicyclic) bond motifs is 8. The Labute approximate surface area is 322 Å². The van der Waals surface area contributed by atoms with Gasteiger partial charge in [-0.3, -0.25) is 0 Å². The highest BCUT2D eigenvalue weighted by Gasteiger charge is 2.17. The van der Waals surface area contributed by atoms with E-state index in [0.29, 0.717) is 83.2 Å². The molecule has 2 aliphatic rings. The van der Waals surface area contributed by atoms with Crippen molar-refractivity contribution in [3.05, 3.63) is 106 Å². The number of aliphatic hydroxyl groups is 2. The molecule has 54 heavy (non-hydrogen) atoms. The summed E-state index contributed by atoms with van der Waals surface area (Å²) in [5.41, 5.74) is 9.17. The first-order valence-electron chi connectivity index (χ1n) is 17.8. The first-order chi connectivity index (χ1) is 26.3. The summed E-state index contributed by atoms with van der Waals surface area (Å²) >= 11 is 14.1. The molecule has 10 nitrogen and oxygen atoms in total. The second kappa shape index (κ2) is 17.0. The molecule has 278 valence electrons. The lowest BCUT2D eigenvalue weighted by Gasteiger charge is -2.12. The molecule has 0 radical (unpaired) electrons. The predicted octanol–water partition coefficient (Wildman–Crippen LogP) is 9.54. The molecule has 0 amide bonds. The van der Waals surface area contributed by atoms with Gasteiger partial charge in [-0.1, -0.05) is 47.5 Å². The molecule has 0 fully saturated rings. The number of aromatic nitrogens is 4. The van der Waals surface area contributed by atoms with Gasteiger partial charge in [0.2, 0.25) is 0 Å². The number of hydrogen-bond acceptors (Lipinski definition) is 8. The largest absolute Gasteiger partial charge is 0.493 e. The maximum absolute atomic E-state index is 9.87. The third kappa shape index (κ3) is 8.39. The van der Waals surface area contributed by atoms with Crippen molar-refractivity contribution in [2.75, 3.05) is 26.4 Å². The first-order valence-corrected chi connectivity index (χ1v) is 18.6. The Balaban J connectivity index is 1.31. The van der Waals surface area contributed by atoms with Crippen LogP contribution in [0.5, 0.6) is 11.5 Å². The molecule has 2 unspecified atom stereocenters. The lowest BCUT2D eigenvalue weighted by Crippen LogP contribution is -2.15. The number of ether oxygens (including phenoxy) is 4. The summed E-state index contributed by atoms with van der Waals surface area (Å²) in [6, 6.07) is 23.3. The zero-order valence-electron chi connectivity index (χ0n) is 29.8. The van der Waals surface area contributed by atoms with Crippen LogP contribution in [0.1, 0.15) is 49.5 Å². The molecule has 0 spiro atoms. The molecule has 4 N–H and O–H groups in total. The zero-order chi connectivity index (χ0) is 37.6. The molecule has 0 aliphatic carbocycles. The van der Waals surface area contributed by atoms with Crippen LogP contribution in [0.3, 0.4) is 0 Å². The number of benzene rings is 2. The lowest BCUT2D eigenvalue weighted by atomic mass is 10.0. The Bertz CT molecular complexity index is 2170. The molecule has 3 aromatic heterocycles. The molecule has 0 saturated heterocycles. The third-order valence-corrected chi connectivity index (χ3v) is 9.69. The van der Waals surface area contributed by atoms with Gasteiger partial charge in [0.05, 0.1) is 57.1 Å². The Hall–Kier alpha value is -4.94. The van der Waals surface area contributed by atoms with Crippen molar-refractivity contribution in [2.24, 2.45) is 0 Å². The van der Waals surface area contributed by atoms with Crippen molar-refractivity contribution >= 4 is 69.6 Å². The minimum absolute atomic E-state index is 0.314. The minimum atomic E-state index is -0.861. The normalized spacial score (nSPS) is 13.3. The molecule has 2 aromatic carbocycles. The summed E-state index contributed by atoms with van der Waals surface area (Å²) in [7, 11) is 0. The van der Waals surface area contributed by atoms with E-state index >= 15 is 0 Å². The number of rotatable bonds is 14. The second-order valence-electron chi connectivity index (χ2n) is 12.5. The zero-order valence-corrected chi connectivity index (χ0v) is 31.3. The fraction of sp³-hybridized carbons (Fsp3) is 0.238. The van der Waals surface area contributed by atoms with Crippen molar-refractivity contribution in [3.8, 4) is 33.8 Å². The van der Waals surface area contributed by atoms with Gasteiger partial charge in [0.25, 0.3) is 0 Å². The van der Waals surface area contributed by atoms with Gasteiger partial charge in [0.15, 0.2) is 12.6 Å². The number of nitrogens with zero attached hydrogens (tertiary/aromatic N) is 2. The van der Waals surface area contributed by atoms with Crippen LogP contribution in [0.4, 0.5) is 0 Å². The van der Waals surface area contributed by atoms with E-state index in [-0.39, 0.29) is 0 Å². The second-order valence-corrected chi connectivity index (χ2v) is 13.3. The molecular formula is C42H40Cl2N4O6. The van der Waals surface area contributed by atoms with E-state index in [2.05, 4.69) is 9.97 Å². The van der Waals surface area contributed by atoms with Crippen LogP contribution in [-0.2, 0) is 9.47 Å². The molecule has 2 aliphatic heterocycles. The number of aromatic amines is 2. The molecule has 0 saturated carbocycles. The number of nitrogens with one attached hydrogen (secondary N) is 2. The molecular weight excluding hydrogens is 727 g/mol. The van der Waals surface area contributed by atoms with Crippen LogP contribution in [0.15, 0.2) is 72.8 Å². The average Bonchev–Trinajstić information content (AvgIpc) is 4.01. The monoisotopic (exact) mass is 766 g/mol. The minimum Gasteiger partial charge on any atom is -0.493 e. The summed E-state index contributed by atoms with van der Waals surface area (Å²) in [6.07, 6.45) is 6.71. The van der Waals surface area contributed by atoms with Crippen LogP contribution < -0.4 is 9.47 Å². The summed E-state index contributed by atoms with van der Waals surface area (Å²) in [6.45, 7) is 5.17. The van der Waals surface area contributed by atoms with Gasteiger partial charge < -0.3 is 39.1 Å². The molecule has 12 heteroatoms. The van der Waals surface area contributed by atoms with Crippen LogP contribution in [-0.4, -0.2) is 69.2 Å². The summed E-state index contributed by atoms with van der Waals surface area (Å²) in [4.78, 5) is 17.0. The Morgan fingerprint density at radius 3 is 1.30 bits per heavy atom. The van der Waals surface area contributed by atoms with Gasteiger partial charge in [0, 0.05) is 48.2 Å².